The topological polar surface area (TPSA) is 75.1 Å². The van der Waals surface area contributed by atoms with E-state index in [1.54, 1.807) is 6.20 Å². The van der Waals surface area contributed by atoms with Crippen molar-refractivity contribution in [1.82, 2.24) is 9.97 Å². The van der Waals surface area contributed by atoms with Gasteiger partial charge in [-0.05, 0) is 30.4 Å². The first-order valence-electron chi connectivity index (χ1n) is 6.61. The number of hydrogen-bond acceptors (Lipinski definition) is 4. The van der Waals surface area contributed by atoms with Gasteiger partial charge >= 0.3 is 5.97 Å². The third-order valence-electron chi connectivity index (χ3n) is 3.55. The number of hydrogen-bond donors (Lipinski definition) is 2. The quantitative estimate of drug-likeness (QED) is 0.893. The second-order valence-corrected chi connectivity index (χ2v) is 4.95. The molecule has 5 nitrogen and oxygen atoms in total. The highest BCUT2D eigenvalue weighted by molar-refractivity contribution is 5.85. The lowest BCUT2D eigenvalue weighted by Gasteiger charge is -2.25. The summed E-state index contributed by atoms with van der Waals surface area (Å²) in [6.45, 7) is 0. The van der Waals surface area contributed by atoms with Gasteiger partial charge in [-0.2, -0.15) is 0 Å². The third kappa shape index (κ3) is 2.61. The number of rotatable bonds is 3. The number of carboxylic acids is 1. The fourth-order valence-electron chi connectivity index (χ4n) is 2.57. The van der Waals surface area contributed by atoms with E-state index in [4.69, 9.17) is 5.11 Å². The van der Waals surface area contributed by atoms with Gasteiger partial charge in [-0.15, -0.1) is 0 Å². The van der Waals surface area contributed by atoms with E-state index in [2.05, 4.69) is 33.5 Å². The van der Waals surface area contributed by atoms with Crippen molar-refractivity contribution >= 4 is 11.8 Å². The Kier molecular flexibility index (Phi) is 3.33. The van der Waals surface area contributed by atoms with Crippen molar-refractivity contribution in [3.63, 3.8) is 0 Å². The molecule has 1 unspecified atom stereocenters. The second-order valence-electron chi connectivity index (χ2n) is 4.95. The van der Waals surface area contributed by atoms with E-state index < -0.39 is 5.97 Å². The molecule has 102 valence electrons. The molecule has 2 N–H and O–H groups in total. The van der Waals surface area contributed by atoms with Gasteiger partial charge in [0.25, 0.3) is 0 Å². The molecule has 5 heteroatoms. The van der Waals surface area contributed by atoms with Crippen LogP contribution in [0.3, 0.4) is 0 Å². The SMILES string of the molecule is O=C(O)c1cncc(NC2CCc3ccccc3C2)n1. The number of aromatic nitrogens is 2. The normalized spacial score (nSPS) is 17.3. The number of anilines is 1. The molecule has 1 aliphatic carbocycles. The maximum atomic E-state index is 10.9. The monoisotopic (exact) mass is 269 g/mol. The van der Waals surface area contributed by atoms with Crippen LogP contribution in [0.15, 0.2) is 36.7 Å². The predicted molar refractivity (Wildman–Crippen MR) is 74.9 cm³/mol. The van der Waals surface area contributed by atoms with Crippen LogP contribution in [-0.2, 0) is 12.8 Å². The van der Waals surface area contributed by atoms with E-state index in [-0.39, 0.29) is 11.7 Å². The molecular weight excluding hydrogens is 254 g/mol. The summed E-state index contributed by atoms with van der Waals surface area (Å²) in [6, 6.07) is 8.68. The fraction of sp³-hybridized carbons (Fsp3) is 0.267. The number of nitrogens with one attached hydrogen (secondary N) is 1. The molecule has 0 saturated carbocycles. The molecule has 2 aromatic rings. The van der Waals surface area contributed by atoms with E-state index in [9.17, 15) is 4.79 Å². The Morgan fingerprint density at radius 2 is 2.05 bits per heavy atom. The summed E-state index contributed by atoms with van der Waals surface area (Å²) in [5.74, 6) is -0.538. The van der Waals surface area contributed by atoms with Crippen LogP contribution in [0, 0.1) is 0 Å². The number of benzene rings is 1. The summed E-state index contributed by atoms with van der Waals surface area (Å²) in [4.78, 5) is 18.8. The third-order valence-corrected chi connectivity index (χ3v) is 3.55. The zero-order chi connectivity index (χ0) is 13.9. The molecule has 0 saturated heterocycles. The largest absolute Gasteiger partial charge is 0.476 e. The van der Waals surface area contributed by atoms with Crippen LogP contribution >= 0.6 is 0 Å². The summed E-state index contributed by atoms with van der Waals surface area (Å²) in [5.41, 5.74) is 2.71. The second kappa shape index (κ2) is 5.28. The summed E-state index contributed by atoms with van der Waals surface area (Å²) in [7, 11) is 0. The molecule has 0 aliphatic heterocycles. The fourth-order valence-corrected chi connectivity index (χ4v) is 2.57. The molecule has 0 amide bonds. The van der Waals surface area contributed by atoms with Crippen molar-refractivity contribution in [1.29, 1.82) is 0 Å². The van der Waals surface area contributed by atoms with Crippen molar-refractivity contribution < 1.29 is 9.90 Å². The summed E-state index contributed by atoms with van der Waals surface area (Å²) >= 11 is 0. The van der Waals surface area contributed by atoms with Crippen LogP contribution in [0.25, 0.3) is 0 Å². The number of nitrogens with zero attached hydrogens (tertiary/aromatic N) is 2. The number of aryl methyl sites for hydroxylation is 1. The highest BCUT2D eigenvalue weighted by Gasteiger charge is 2.18. The van der Waals surface area contributed by atoms with Crippen LogP contribution in [0.2, 0.25) is 0 Å². The van der Waals surface area contributed by atoms with E-state index in [0.29, 0.717) is 5.82 Å². The Labute approximate surface area is 116 Å². The minimum absolute atomic E-state index is 0.0359. The van der Waals surface area contributed by atoms with Crippen LogP contribution in [0.4, 0.5) is 5.82 Å². The Bertz CT molecular complexity index is 643. The molecule has 0 radical (unpaired) electrons. The molecule has 1 aromatic carbocycles. The molecule has 20 heavy (non-hydrogen) atoms. The number of carbonyl (C=O) groups is 1. The first-order valence-corrected chi connectivity index (χ1v) is 6.61. The first-order chi connectivity index (χ1) is 9.72. The number of aromatic carboxylic acids is 1. The zero-order valence-corrected chi connectivity index (χ0v) is 10.9. The van der Waals surface area contributed by atoms with Crippen molar-refractivity contribution in [3.05, 3.63) is 53.5 Å². The maximum Gasteiger partial charge on any atom is 0.356 e. The molecule has 0 spiro atoms. The Morgan fingerprint density at radius 3 is 2.85 bits per heavy atom. The minimum atomic E-state index is -1.06. The number of fused-ring (bicyclic) bond motifs is 1. The smallest absolute Gasteiger partial charge is 0.356 e. The van der Waals surface area contributed by atoms with E-state index in [1.165, 1.54) is 17.3 Å². The zero-order valence-electron chi connectivity index (χ0n) is 10.9. The molecule has 1 heterocycles. The van der Waals surface area contributed by atoms with Crippen molar-refractivity contribution in [2.45, 2.75) is 25.3 Å². The van der Waals surface area contributed by atoms with Gasteiger partial charge in [0.1, 0.15) is 5.82 Å². The Hall–Kier alpha value is -2.43. The van der Waals surface area contributed by atoms with Gasteiger partial charge in [0.05, 0.1) is 12.4 Å². The van der Waals surface area contributed by atoms with Gasteiger partial charge in [0.15, 0.2) is 5.69 Å². The average Bonchev–Trinajstić information content (AvgIpc) is 2.47. The maximum absolute atomic E-state index is 10.9. The highest BCUT2D eigenvalue weighted by atomic mass is 16.4. The van der Waals surface area contributed by atoms with E-state index in [0.717, 1.165) is 19.3 Å². The van der Waals surface area contributed by atoms with Crippen molar-refractivity contribution in [3.8, 4) is 0 Å². The van der Waals surface area contributed by atoms with Crippen LogP contribution in [0.1, 0.15) is 28.0 Å². The average molecular weight is 269 g/mol. The molecule has 0 fully saturated rings. The lowest BCUT2D eigenvalue weighted by atomic mass is 9.88. The van der Waals surface area contributed by atoms with Crippen molar-refractivity contribution in [2.75, 3.05) is 5.32 Å². The van der Waals surface area contributed by atoms with Crippen LogP contribution in [-0.4, -0.2) is 27.1 Å². The number of carboxylic acid groups (broad SMARTS) is 1. The van der Waals surface area contributed by atoms with Crippen LogP contribution in [0.5, 0.6) is 0 Å². The minimum Gasteiger partial charge on any atom is -0.476 e. The summed E-state index contributed by atoms with van der Waals surface area (Å²) in [6.07, 6.45) is 5.78. The van der Waals surface area contributed by atoms with Gasteiger partial charge in [0.2, 0.25) is 0 Å². The molecule has 1 aliphatic rings. The lowest BCUT2D eigenvalue weighted by Crippen LogP contribution is -2.28. The van der Waals surface area contributed by atoms with Crippen LogP contribution < -0.4 is 5.32 Å². The van der Waals surface area contributed by atoms with Gasteiger partial charge in [0, 0.05) is 6.04 Å². The van der Waals surface area contributed by atoms with Gasteiger partial charge in [-0.1, -0.05) is 24.3 Å². The van der Waals surface area contributed by atoms with Gasteiger partial charge in [-0.3, -0.25) is 4.98 Å². The first kappa shape index (κ1) is 12.6. The van der Waals surface area contributed by atoms with E-state index in [1.807, 2.05) is 6.07 Å². The summed E-state index contributed by atoms with van der Waals surface area (Å²) in [5, 5.41) is 12.2. The molecule has 1 atom stereocenters. The van der Waals surface area contributed by atoms with Gasteiger partial charge < -0.3 is 10.4 Å². The Morgan fingerprint density at radius 1 is 1.25 bits per heavy atom. The van der Waals surface area contributed by atoms with E-state index >= 15 is 0 Å². The summed E-state index contributed by atoms with van der Waals surface area (Å²) < 4.78 is 0. The predicted octanol–water partition coefficient (Wildman–Crippen LogP) is 2.14. The molecule has 1 aromatic heterocycles. The highest BCUT2D eigenvalue weighted by Crippen LogP contribution is 2.22. The molecule has 0 bridgehead atoms. The standard InChI is InChI=1S/C15H15N3O2/c19-15(20)13-8-16-9-14(18-13)17-12-6-5-10-3-1-2-4-11(10)7-12/h1-4,8-9,12H,5-7H2,(H,17,18)(H,19,20). The molecule has 3 rings (SSSR count). The lowest BCUT2D eigenvalue weighted by molar-refractivity contribution is 0.0690. The molecular formula is C15H15N3O2. The Balaban J connectivity index is 1.73. The van der Waals surface area contributed by atoms with Crippen molar-refractivity contribution in [2.24, 2.45) is 0 Å². The van der Waals surface area contributed by atoms with Gasteiger partial charge in [-0.25, -0.2) is 9.78 Å².